The molecule has 1 fully saturated rings. The number of aromatic carboxylic acids is 1. The van der Waals surface area contributed by atoms with Crippen molar-refractivity contribution in [2.75, 3.05) is 39.8 Å². The van der Waals surface area contributed by atoms with Crippen LogP contribution in [0, 0.1) is 0 Å². The fraction of sp³-hybridized carbons (Fsp3) is 0.286. The number of benzene rings is 2. The lowest BCUT2D eigenvalue weighted by Crippen LogP contribution is -2.44. The highest BCUT2D eigenvalue weighted by Gasteiger charge is 2.19. The maximum absolute atomic E-state index is 12.1. The van der Waals surface area contributed by atoms with Crippen molar-refractivity contribution < 1.29 is 9.90 Å². The Balaban J connectivity index is 1.49. The van der Waals surface area contributed by atoms with Crippen LogP contribution in [-0.4, -0.2) is 70.2 Å². The van der Waals surface area contributed by atoms with Gasteiger partial charge in [-0.3, -0.25) is 4.98 Å². The summed E-state index contributed by atoms with van der Waals surface area (Å²) in [5.74, 6) is -0.925. The summed E-state index contributed by atoms with van der Waals surface area (Å²) in [7, 11) is 2.17. The Bertz CT molecular complexity index is 1360. The minimum Gasteiger partial charge on any atom is -0.478 e. The molecule has 0 aliphatic carbocycles. The summed E-state index contributed by atoms with van der Waals surface area (Å²) in [5, 5.41) is 11.4. The first-order valence-corrected chi connectivity index (χ1v) is 12.3. The number of fused-ring (bicyclic) bond motifs is 1. The predicted octanol–water partition coefficient (Wildman–Crippen LogP) is 5.36. The number of carbonyl (C=O) groups is 1. The van der Waals surface area contributed by atoms with Crippen LogP contribution in [0.3, 0.4) is 0 Å². The van der Waals surface area contributed by atoms with E-state index in [2.05, 4.69) is 38.7 Å². The van der Waals surface area contributed by atoms with E-state index in [1.54, 1.807) is 12.3 Å². The molecule has 6 nitrogen and oxygen atoms in total. The maximum atomic E-state index is 12.1. The van der Waals surface area contributed by atoms with Crippen LogP contribution in [0.5, 0.6) is 0 Å². The number of likely N-dealkylation sites (N-methyl/N-ethyl adjacent to an activating group) is 1. The third-order valence-corrected chi connectivity index (χ3v) is 7.05. The Hall–Kier alpha value is -3.19. The number of hydrogen-bond donors (Lipinski definition) is 1. The molecule has 1 saturated heterocycles. The highest BCUT2D eigenvalue weighted by molar-refractivity contribution is 6.30. The Morgan fingerprint density at radius 1 is 0.971 bits per heavy atom. The normalized spacial score (nSPS) is 15.0. The molecule has 35 heavy (non-hydrogen) atoms. The smallest absolute Gasteiger partial charge is 0.336 e. The number of halogens is 1. The zero-order valence-corrected chi connectivity index (χ0v) is 20.6. The quantitative estimate of drug-likeness (QED) is 0.379. The molecule has 1 aliphatic heterocycles. The van der Waals surface area contributed by atoms with Gasteiger partial charge in [0.2, 0.25) is 0 Å². The Morgan fingerprint density at radius 3 is 2.51 bits per heavy atom. The molecular weight excluding hydrogens is 460 g/mol. The second-order valence-corrected chi connectivity index (χ2v) is 9.65. The molecule has 3 heterocycles. The number of carboxylic acid groups (broad SMARTS) is 1. The van der Waals surface area contributed by atoms with Gasteiger partial charge in [-0.05, 0) is 55.9 Å². The van der Waals surface area contributed by atoms with Crippen molar-refractivity contribution in [3.05, 3.63) is 77.7 Å². The fourth-order valence-electron chi connectivity index (χ4n) is 4.88. The van der Waals surface area contributed by atoms with Crippen molar-refractivity contribution in [3.63, 3.8) is 0 Å². The Morgan fingerprint density at radius 2 is 1.74 bits per heavy atom. The molecule has 0 bridgehead atoms. The SMILES string of the molecule is CN1CCN(CCCn2cc(-c3cncc(-c4cccc(Cl)c4)c3)c3c(C(=O)O)cccc32)CC1. The number of hydrogen-bond acceptors (Lipinski definition) is 4. The lowest BCUT2D eigenvalue weighted by molar-refractivity contribution is 0.0699. The molecule has 1 N–H and O–H groups in total. The monoisotopic (exact) mass is 488 g/mol. The van der Waals surface area contributed by atoms with Crippen molar-refractivity contribution in [2.24, 2.45) is 0 Å². The van der Waals surface area contributed by atoms with Crippen LogP contribution in [0.1, 0.15) is 16.8 Å². The zero-order chi connectivity index (χ0) is 24.4. The van der Waals surface area contributed by atoms with Gasteiger partial charge in [-0.2, -0.15) is 0 Å². The second kappa shape index (κ2) is 10.2. The molecule has 0 spiro atoms. The van der Waals surface area contributed by atoms with Gasteiger partial charge in [0.05, 0.1) is 5.56 Å². The maximum Gasteiger partial charge on any atom is 0.336 e. The number of rotatable bonds is 7. The van der Waals surface area contributed by atoms with Gasteiger partial charge in [-0.1, -0.05) is 29.8 Å². The zero-order valence-electron chi connectivity index (χ0n) is 19.8. The van der Waals surface area contributed by atoms with Gasteiger partial charge in [0.25, 0.3) is 0 Å². The molecule has 7 heteroatoms. The standard InChI is InChI=1S/C28H29ClN4O2/c1-31-11-13-32(14-12-31)9-4-10-33-19-25(27-24(28(34)35)7-3-8-26(27)33)22-15-21(17-30-18-22)20-5-2-6-23(29)16-20/h2-3,5-8,15-19H,4,9-14H2,1H3,(H,34,35). The number of aromatic nitrogens is 2. The number of nitrogens with zero attached hydrogens (tertiary/aromatic N) is 4. The average Bonchev–Trinajstić information content (AvgIpc) is 3.24. The van der Waals surface area contributed by atoms with Crippen molar-refractivity contribution in [3.8, 4) is 22.3 Å². The number of pyridine rings is 1. The summed E-state index contributed by atoms with van der Waals surface area (Å²) >= 11 is 6.21. The summed E-state index contributed by atoms with van der Waals surface area (Å²) in [6.07, 6.45) is 6.70. The van der Waals surface area contributed by atoms with E-state index in [1.165, 1.54) is 0 Å². The molecule has 0 saturated carbocycles. The van der Waals surface area contributed by atoms with Gasteiger partial charge in [-0.25, -0.2) is 4.79 Å². The molecular formula is C28H29ClN4O2. The van der Waals surface area contributed by atoms with Crippen molar-refractivity contribution in [1.82, 2.24) is 19.4 Å². The lowest BCUT2D eigenvalue weighted by atomic mass is 9.99. The summed E-state index contributed by atoms with van der Waals surface area (Å²) in [4.78, 5) is 21.5. The van der Waals surface area contributed by atoms with Crippen molar-refractivity contribution in [1.29, 1.82) is 0 Å². The Labute approximate surface area is 210 Å². The summed E-state index contributed by atoms with van der Waals surface area (Å²) in [6, 6.07) is 15.2. The lowest BCUT2D eigenvalue weighted by Gasteiger charge is -2.32. The highest BCUT2D eigenvalue weighted by atomic mass is 35.5. The molecule has 2 aromatic carbocycles. The van der Waals surface area contributed by atoms with Gasteiger partial charge in [0, 0.05) is 83.9 Å². The van der Waals surface area contributed by atoms with Crippen molar-refractivity contribution >= 4 is 28.5 Å². The van der Waals surface area contributed by atoms with E-state index in [-0.39, 0.29) is 0 Å². The van der Waals surface area contributed by atoms with E-state index in [0.717, 1.165) is 78.8 Å². The summed E-state index contributed by atoms with van der Waals surface area (Å²) < 4.78 is 2.19. The van der Waals surface area contributed by atoms with Crippen LogP contribution in [0.4, 0.5) is 0 Å². The van der Waals surface area contributed by atoms with Crippen molar-refractivity contribution in [2.45, 2.75) is 13.0 Å². The molecule has 0 amide bonds. The van der Waals surface area contributed by atoms with E-state index in [9.17, 15) is 9.90 Å². The first-order chi connectivity index (χ1) is 17.0. The van der Waals surface area contributed by atoms with Gasteiger partial charge in [0.1, 0.15) is 0 Å². The van der Waals surface area contributed by atoms with Crippen LogP contribution >= 0.6 is 11.6 Å². The molecule has 2 aromatic heterocycles. The molecule has 0 radical (unpaired) electrons. The van der Waals surface area contributed by atoms with E-state index >= 15 is 0 Å². The van der Waals surface area contributed by atoms with Crippen LogP contribution in [0.15, 0.2) is 67.1 Å². The van der Waals surface area contributed by atoms with Gasteiger partial charge in [0.15, 0.2) is 0 Å². The highest BCUT2D eigenvalue weighted by Crippen LogP contribution is 2.35. The minimum absolute atomic E-state index is 0.309. The molecule has 0 atom stereocenters. The topological polar surface area (TPSA) is 61.6 Å². The van der Waals surface area contributed by atoms with Gasteiger partial charge < -0.3 is 19.5 Å². The number of aryl methyl sites for hydroxylation is 1. The number of carboxylic acids is 1. The van der Waals surface area contributed by atoms with Crippen LogP contribution < -0.4 is 0 Å². The van der Waals surface area contributed by atoms with E-state index in [1.807, 2.05) is 42.6 Å². The Kier molecular flexibility index (Phi) is 6.86. The second-order valence-electron chi connectivity index (χ2n) is 9.21. The third-order valence-electron chi connectivity index (χ3n) is 6.81. The largest absolute Gasteiger partial charge is 0.478 e. The molecule has 180 valence electrons. The van der Waals surface area contributed by atoms with Gasteiger partial charge >= 0.3 is 5.97 Å². The third kappa shape index (κ3) is 5.10. The molecule has 0 unspecified atom stereocenters. The van der Waals surface area contributed by atoms with Gasteiger partial charge in [-0.15, -0.1) is 0 Å². The molecule has 1 aliphatic rings. The molecule has 5 rings (SSSR count). The van der Waals surface area contributed by atoms with Crippen LogP contribution in [0.2, 0.25) is 5.02 Å². The van der Waals surface area contributed by atoms with Crippen LogP contribution in [0.25, 0.3) is 33.2 Å². The van der Waals surface area contributed by atoms with Crippen LogP contribution in [-0.2, 0) is 6.54 Å². The van der Waals surface area contributed by atoms with E-state index in [0.29, 0.717) is 10.6 Å². The molecule has 4 aromatic rings. The first kappa shape index (κ1) is 23.5. The summed E-state index contributed by atoms with van der Waals surface area (Å²) in [5.41, 5.74) is 4.93. The van der Waals surface area contributed by atoms with E-state index < -0.39 is 5.97 Å². The first-order valence-electron chi connectivity index (χ1n) is 12.0. The summed E-state index contributed by atoms with van der Waals surface area (Å²) in [6.45, 7) is 6.27. The van der Waals surface area contributed by atoms with E-state index in [4.69, 9.17) is 11.6 Å². The average molecular weight is 489 g/mol. The minimum atomic E-state index is -0.925. The number of piperazine rings is 1. The predicted molar refractivity (Wildman–Crippen MR) is 141 cm³/mol. The fourth-order valence-corrected chi connectivity index (χ4v) is 5.07.